The molecule has 2 aromatic heterocycles. The third kappa shape index (κ3) is 2.73. The highest BCUT2D eigenvalue weighted by Gasteiger charge is 2.20. The van der Waals surface area contributed by atoms with Gasteiger partial charge in [-0.2, -0.15) is 5.10 Å². The second kappa shape index (κ2) is 6.20. The fraction of sp³-hybridized carbons (Fsp3) is 0.308. The topological polar surface area (TPSA) is 105 Å². The van der Waals surface area contributed by atoms with Crippen molar-refractivity contribution in [2.75, 3.05) is 13.7 Å². The Kier molecular flexibility index (Phi) is 4.35. The number of pyridine rings is 1. The smallest absolute Gasteiger partial charge is 0.364 e. The van der Waals surface area contributed by atoms with Crippen LogP contribution in [0.3, 0.4) is 0 Å². The first-order valence-electron chi connectivity index (χ1n) is 6.37. The summed E-state index contributed by atoms with van der Waals surface area (Å²) in [6, 6.07) is 2.97. The van der Waals surface area contributed by atoms with Crippen LogP contribution in [0, 0.1) is 0 Å². The summed E-state index contributed by atoms with van der Waals surface area (Å²) < 4.78 is 11.4. The van der Waals surface area contributed by atoms with E-state index < -0.39 is 22.9 Å². The molecule has 0 N–H and O–H groups in total. The SMILES string of the molecule is CCOC(=O)c1nn(C)c(=O)n(-c2ccc(OC)nc2)c1=O. The molecule has 0 aliphatic carbocycles. The Balaban J connectivity index is 2.66. The number of aryl methyl sites for hydroxylation is 1. The van der Waals surface area contributed by atoms with E-state index in [4.69, 9.17) is 9.47 Å². The Morgan fingerprint density at radius 3 is 2.59 bits per heavy atom. The molecule has 9 nitrogen and oxygen atoms in total. The zero-order chi connectivity index (χ0) is 16.3. The van der Waals surface area contributed by atoms with Crippen molar-refractivity contribution in [1.82, 2.24) is 19.3 Å². The molecule has 0 bridgehead atoms. The van der Waals surface area contributed by atoms with Gasteiger partial charge in [0.25, 0.3) is 5.56 Å². The maximum Gasteiger partial charge on any atom is 0.364 e. The highest BCUT2D eigenvalue weighted by Crippen LogP contribution is 2.08. The van der Waals surface area contributed by atoms with Crippen LogP contribution in [0.15, 0.2) is 27.9 Å². The lowest BCUT2D eigenvalue weighted by atomic mass is 10.4. The average molecular weight is 306 g/mol. The maximum atomic E-state index is 12.3. The molecule has 0 radical (unpaired) electrons. The van der Waals surface area contributed by atoms with E-state index in [1.54, 1.807) is 6.92 Å². The Morgan fingerprint density at radius 2 is 2.05 bits per heavy atom. The summed E-state index contributed by atoms with van der Waals surface area (Å²) in [6.45, 7) is 1.69. The second-order valence-electron chi connectivity index (χ2n) is 4.17. The molecule has 2 aromatic rings. The van der Waals surface area contributed by atoms with E-state index in [2.05, 4.69) is 10.1 Å². The second-order valence-corrected chi connectivity index (χ2v) is 4.17. The van der Waals surface area contributed by atoms with E-state index in [1.165, 1.54) is 32.5 Å². The summed E-state index contributed by atoms with van der Waals surface area (Å²) in [5.41, 5.74) is -1.85. The standard InChI is InChI=1S/C13H14N4O5/c1-4-22-12(19)10-11(18)17(13(20)16(2)15-10)8-5-6-9(21-3)14-7-8/h5-7H,4H2,1-3H3. The fourth-order valence-electron chi connectivity index (χ4n) is 1.75. The molecule has 0 aliphatic rings. The molecule has 22 heavy (non-hydrogen) atoms. The molecule has 0 fully saturated rings. The van der Waals surface area contributed by atoms with Crippen LogP contribution in [0.5, 0.6) is 5.88 Å². The molecule has 0 unspecified atom stereocenters. The number of ether oxygens (including phenoxy) is 2. The number of aromatic nitrogens is 4. The third-order valence-electron chi connectivity index (χ3n) is 2.78. The fourth-order valence-corrected chi connectivity index (χ4v) is 1.75. The number of hydrogen-bond donors (Lipinski definition) is 0. The predicted octanol–water partition coefficient (Wildman–Crippen LogP) is -0.489. The van der Waals surface area contributed by atoms with Gasteiger partial charge in [0, 0.05) is 13.1 Å². The van der Waals surface area contributed by atoms with Crippen molar-refractivity contribution < 1.29 is 14.3 Å². The van der Waals surface area contributed by atoms with Crippen molar-refractivity contribution in [2.24, 2.45) is 7.05 Å². The minimum absolute atomic E-state index is 0.0902. The van der Waals surface area contributed by atoms with Gasteiger partial charge < -0.3 is 9.47 Å². The van der Waals surface area contributed by atoms with Crippen LogP contribution in [0.2, 0.25) is 0 Å². The number of esters is 1. The lowest BCUT2D eigenvalue weighted by molar-refractivity contribution is 0.0513. The van der Waals surface area contributed by atoms with Gasteiger partial charge in [-0.05, 0) is 13.0 Å². The summed E-state index contributed by atoms with van der Waals surface area (Å²) >= 11 is 0. The Labute approximate surface area is 124 Å². The van der Waals surface area contributed by atoms with Crippen molar-refractivity contribution in [3.8, 4) is 11.6 Å². The number of methoxy groups -OCH3 is 1. The number of rotatable bonds is 4. The molecule has 9 heteroatoms. The number of carbonyl (C=O) groups is 1. The van der Waals surface area contributed by atoms with E-state index in [-0.39, 0.29) is 12.3 Å². The van der Waals surface area contributed by atoms with Gasteiger partial charge in [0.1, 0.15) is 0 Å². The highest BCUT2D eigenvalue weighted by atomic mass is 16.5. The van der Waals surface area contributed by atoms with Gasteiger partial charge in [-0.25, -0.2) is 23.8 Å². The van der Waals surface area contributed by atoms with Crippen molar-refractivity contribution in [2.45, 2.75) is 6.92 Å². The number of carbonyl (C=O) groups excluding carboxylic acids is 1. The quantitative estimate of drug-likeness (QED) is 0.702. The number of nitrogens with zero attached hydrogens (tertiary/aromatic N) is 4. The molecule has 116 valence electrons. The Hall–Kier alpha value is -2.97. The minimum atomic E-state index is -0.890. The molecule has 0 aliphatic heterocycles. The molecule has 0 amide bonds. The molecular weight excluding hydrogens is 292 g/mol. The van der Waals surface area contributed by atoms with Gasteiger partial charge in [0.05, 0.1) is 25.6 Å². The lowest BCUT2D eigenvalue weighted by Gasteiger charge is -2.09. The first kappa shape index (κ1) is 15.4. The predicted molar refractivity (Wildman–Crippen MR) is 75.4 cm³/mol. The van der Waals surface area contributed by atoms with Crippen LogP contribution in [0.1, 0.15) is 17.4 Å². The van der Waals surface area contributed by atoms with Crippen molar-refractivity contribution in [1.29, 1.82) is 0 Å². The largest absolute Gasteiger partial charge is 0.481 e. The van der Waals surface area contributed by atoms with E-state index in [0.717, 1.165) is 9.25 Å². The monoisotopic (exact) mass is 306 g/mol. The van der Waals surface area contributed by atoms with Crippen LogP contribution in [-0.4, -0.2) is 39.0 Å². The van der Waals surface area contributed by atoms with E-state index >= 15 is 0 Å². The molecular formula is C13H14N4O5. The first-order chi connectivity index (χ1) is 10.5. The lowest BCUT2D eigenvalue weighted by Crippen LogP contribution is -2.43. The molecule has 0 saturated heterocycles. The van der Waals surface area contributed by atoms with E-state index in [1.807, 2.05) is 0 Å². The third-order valence-corrected chi connectivity index (χ3v) is 2.78. The summed E-state index contributed by atoms with van der Waals surface area (Å²) in [6.07, 6.45) is 1.29. The van der Waals surface area contributed by atoms with E-state index in [9.17, 15) is 14.4 Å². The summed E-state index contributed by atoms with van der Waals surface area (Å²) in [7, 11) is 2.77. The van der Waals surface area contributed by atoms with Crippen molar-refractivity contribution in [3.05, 3.63) is 44.9 Å². The molecule has 0 aromatic carbocycles. The zero-order valence-corrected chi connectivity index (χ0v) is 12.3. The van der Waals surface area contributed by atoms with Gasteiger partial charge in [-0.3, -0.25) is 4.79 Å². The maximum absolute atomic E-state index is 12.3. The first-order valence-corrected chi connectivity index (χ1v) is 6.37. The van der Waals surface area contributed by atoms with Crippen LogP contribution >= 0.6 is 0 Å². The van der Waals surface area contributed by atoms with Gasteiger partial charge in [0.2, 0.25) is 11.6 Å². The normalized spacial score (nSPS) is 10.3. The van der Waals surface area contributed by atoms with Gasteiger partial charge in [0.15, 0.2) is 0 Å². The van der Waals surface area contributed by atoms with Crippen LogP contribution < -0.4 is 16.0 Å². The van der Waals surface area contributed by atoms with Gasteiger partial charge >= 0.3 is 11.7 Å². The zero-order valence-electron chi connectivity index (χ0n) is 12.3. The Bertz CT molecular complexity index is 807. The highest BCUT2D eigenvalue weighted by molar-refractivity contribution is 5.86. The Morgan fingerprint density at radius 1 is 1.32 bits per heavy atom. The average Bonchev–Trinajstić information content (AvgIpc) is 2.52. The van der Waals surface area contributed by atoms with Crippen LogP contribution in [0.25, 0.3) is 5.69 Å². The van der Waals surface area contributed by atoms with Gasteiger partial charge in [-0.1, -0.05) is 0 Å². The molecule has 0 spiro atoms. The van der Waals surface area contributed by atoms with Crippen molar-refractivity contribution >= 4 is 5.97 Å². The van der Waals surface area contributed by atoms with Crippen molar-refractivity contribution in [3.63, 3.8) is 0 Å². The molecule has 2 rings (SSSR count). The molecule has 0 saturated carbocycles. The minimum Gasteiger partial charge on any atom is -0.481 e. The van der Waals surface area contributed by atoms with Crippen LogP contribution in [-0.2, 0) is 11.8 Å². The number of hydrogen-bond acceptors (Lipinski definition) is 7. The van der Waals surface area contributed by atoms with Gasteiger partial charge in [-0.15, -0.1) is 0 Å². The molecule has 2 heterocycles. The van der Waals surface area contributed by atoms with Crippen LogP contribution in [0.4, 0.5) is 0 Å². The summed E-state index contributed by atoms with van der Waals surface area (Å²) in [5.74, 6) is -0.563. The summed E-state index contributed by atoms with van der Waals surface area (Å²) in [5, 5.41) is 3.66. The molecule has 0 atom stereocenters. The summed E-state index contributed by atoms with van der Waals surface area (Å²) in [4.78, 5) is 40.2. The van der Waals surface area contributed by atoms with E-state index in [0.29, 0.717) is 5.88 Å².